The van der Waals surface area contributed by atoms with Crippen molar-refractivity contribution in [2.75, 3.05) is 6.54 Å². The quantitative estimate of drug-likeness (QED) is 0.205. The van der Waals surface area contributed by atoms with Crippen LogP contribution in [0.25, 0.3) is 11.4 Å². The van der Waals surface area contributed by atoms with Crippen molar-refractivity contribution in [3.05, 3.63) is 42.6 Å². The van der Waals surface area contributed by atoms with Crippen molar-refractivity contribution in [1.29, 1.82) is 0 Å². The maximum Gasteiger partial charge on any atom is 0.309 e. The number of likely N-dealkylation sites (tertiary alicyclic amines) is 1. The summed E-state index contributed by atoms with van der Waals surface area (Å²) >= 11 is 0. The molecular weight excluding hydrogens is 717 g/mol. The maximum atomic E-state index is 15.4. The van der Waals surface area contributed by atoms with Crippen molar-refractivity contribution in [2.45, 2.75) is 151 Å². The van der Waals surface area contributed by atoms with Gasteiger partial charge in [-0.05, 0) is 156 Å². The number of carbonyl (C=O) groups excluding carboxylic acids is 2. The Hall–Kier alpha value is -3.56. The first-order valence-corrected chi connectivity index (χ1v) is 21.9. The number of nitrogens with zero attached hydrogens (tertiary/aromatic N) is 4. The summed E-state index contributed by atoms with van der Waals surface area (Å²) in [5.74, 6) is 1.84. The minimum atomic E-state index is -1.16. The highest BCUT2D eigenvalue weighted by Crippen LogP contribution is 2.78. The molecule has 8 rings (SSSR count). The number of esters is 1. The number of hydrogen-bond donors (Lipinski definition) is 1. The molecule has 1 amide bonds. The predicted octanol–water partition coefficient (Wildman–Crippen LogP) is 9.87. The summed E-state index contributed by atoms with van der Waals surface area (Å²) in [4.78, 5) is 51.6. The Morgan fingerprint density at radius 2 is 1.74 bits per heavy atom. The predicted molar refractivity (Wildman–Crippen MR) is 216 cm³/mol. The van der Waals surface area contributed by atoms with Crippen LogP contribution in [0.4, 0.5) is 0 Å². The molecule has 11 atom stereocenters. The van der Waals surface area contributed by atoms with Crippen LogP contribution in [0.15, 0.2) is 41.2 Å². The van der Waals surface area contributed by atoms with Crippen molar-refractivity contribution in [3.8, 4) is 11.4 Å². The van der Waals surface area contributed by atoms with E-state index in [1.165, 1.54) is 5.57 Å². The first-order valence-electron chi connectivity index (χ1n) is 21.9. The Bertz CT molecular complexity index is 1920. The summed E-state index contributed by atoms with van der Waals surface area (Å²) < 4.78 is 12.1. The third-order valence-corrected chi connectivity index (χ3v) is 18.0. The van der Waals surface area contributed by atoms with Crippen LogP contribution in [-0.2, 0) is 19.1 Å². The van der Waals surface area contributed by atoms with E-state index in [9.17, 15) is 14.7 Å². The largest absolute Gasteiger partial charge is 0.481 e. The second-order valence-electron chi connectivity index (χ2n) is 21.4. The fourth-order valence-electron chi connectivity index (χ4n) is 14.9. The molecule has 6 fully saturated rings. The number of carboxylic acid groups (broad SMARTS) is 1. The molecule has 2 aromatic heterocycles. The zero-order valence-corrected chi connectivity index (χ0v) is 35.7. The van der Waals surface area contributed by atoms with Gasteiger partial charge >= 0.3 is 11.9 Å². The average molecular weight is 783 g/mol. The van der Waals surface area contributed by atoms with Gasteiger partial charge in [-0.2, -0.15) is 4.98 Å². The molecule has 1 unspecified atom stereocenters. The molecule has 5 aliphatic carbocycles. The van der Waals surface area contributed by atoms with E-state index in [0.29, 0.717) is 47.8 Å². The molecule has 2 aromatic rings. The zero-order valence-electron chi connectivity index (χ0n) is 35.7. The number of rotatable bonds is 8. The minimum absolute atomic E-state index is 0.0712. The van der Waals surface area contributed by atoms with Crippen molar-refractivity contribution in [2.24, 2.45) is 62.1 Å². The van der Waals surface area contributed by atoms with Gasteiger partial charge in [-0.25, -0.2) is 0 Å². The van der Waals surface area contributed by atoms with Gasteiger partial charge < -0.3 is 19.3 Å². The topological polar surface area (TPSA) is 136 Å². The number of carboxylic acids is 1. The number of hydrogen-bond acceptors (Lipinski definition) is 8. The van der Waals surface area contributed by atoms with Gasteiger partial charge in [0, 0.05) is 29.9 Å². The van der Waals surface area contributed by atoms with Crippen LogP contribution in [0.3, 0.4) is 0 Å². The summed E-state index contributed by atoms with van der Waals surface area (Å²) in [6.45, 7) is 23.0. The van der Waals surface area contributed by atoms with Crippen LogP contribution in [-0.4, -0.2) is 55.6 Å². The van der Waals surface area contributed by atoms with Crippen LogP contribution < -0.4 is 0 Å². The summed E-state index contributed by atoms with van der Waals surface area (Å²) in [6, 6.07) is 3.58. The second kappa shape index (κ2) is 13.8. The van der Waals surface area contributed by atoms with Crippen LogP contribution in [0, 0.1) is 62.1 Å². The Morgan fingerprint density at radius 1 is 0.965 bits per heavy atom. The van der Waals surface area contributed by atoms with E-state index in [0.717, 1.165) is 82.6 Å². The van der Waals surface area contributed by atoms with E-state index in [-0.39, 0.29) is 46.1 Å². The van der Waals surface area contributed by atoms with E-state index in [2.05, 4.69) is 63.2 Å². The highest BCUT2D eigenvalue weighted by Gasteiger charge is 2.72. The van der Waals surface area contributed by atoms with Crippen molar-refractivity contribution < 1.29 is 28.8 Å². The Morgan fingerprint density at radius 3 is 2.44 bits per heavy atom. The van der Waals surface area contributed by atoms with Crippen LogP contribution in [0.5, 0.6) is 0 Å². The number of aromatic nitrogens is 3. The van der Waals surface area contributed by atoms with Crippen LogP contribution in [0.1, 0.15) is 151 Å². The van der Waals surface area contributed by atoms with Crippen molar-refractivity contribution in [1.82, 2.24) is 20.0 Å². The molecule has 1 aliphatic heterocycles. The number of allylic oxidation sites excluding steroid dienone is 1. The number of amides is 1. The molecule has 310 valence electrons. The van der Waals surface area contributed by atoms with Gasteiger partial charge in [0.15, 0.2) is 0 Å². The van der Waals surface area contributed by atoms with Gasteiger partial charge in [0.1, 0.15) is 12.1 Å². The van der Waals surface area contributed by atoms with E-state index in [4.69, 9.17) is 14.2 Å². The van der Waals surface area contributed by atoms with Gasteiger partial charge in [-0.15, -0.1) is 0 Å². The number of ether oxygens (including phenoxy) is 1. The molecule has 0 spiro atoms. The monoisotopic (exact) mass is 782 g/mol. The Kier molecular flexibility index (Phi) is 9.71. The first-order chi connectivity index (χ1) is 26.8. The summed E-state index contributed by atoms with van der Waals surface area (Å²) in [5, 5.41) is 14.0. The molecule has 5 saturated carbocycles. The molecule has 10 nitrogen and oxygen atoms in total. The fraction of sp³-hybridized carbons (Fsp3) is 0.745. The van der Waals surface area contributed by atoms with Gasteiger partial charge in [-0.3, -0.25) is 19.4 Å². The van der Waals surface area contributed by atoms with Gasteiger partial charge in [0.2, 0.25) is 17.6 Å². The lowest BCUT2D eigenvalue weighted by molar-refractivity contribution is -0.250. The van der Waals surface area contributed by atoms with Crippen LogP contribution in [0.2, 0.25) is 0 Å². The minimum Gasteiger partial charge on any atom is -0.481 e. The Balaban J connectivity index is 1.06. The summed E-state index contributed by atoms with van der Waals surface area (Å²) in [6.07, 6.45) is 15.0. The second-order valence-corrected chi connectivity index (χ2v) is 21.4. The lowest BCUT2D eigenvalue weighted by Gasteiger charge is -2.73. The SMILES string of the molecule is C=C(C)[C@@H]1CC[C@]2(C(=O)N3CCCC3c3nc(-c4cccnc4)no3)CC[C@]3(C)[C@H](CC[C@@H]4[C@@]5(C)CC[C@H](OC(=O)CC(C)(C)C(=O)O)C(C)(C)[C@@H]5CC[C@]43C)[C@@H]12. The van der Waals surface area contributed by atoms with E-state index in [1.54, 1.807) is 26.2 Å². The highest BCUT2D eigenvalue weighted by molar-refractivity contribution is 5.85. The molecular formula is C47H66N4O6. The van der Waals surface area contributed by atoms with Crippen molar-refractivity contribution in [3.63, 3.8) is 0 Å². The number of pyridine rings is 1. The van der Waals surface area contributed by atoms with E-state index >= 15 is 4.79 Å². The van der Waals surface area contributed by atoms with Gasteiger partial charge in [0.05, 0.1) is 17.3 Å². The molecule has 10 heteroatoms. The molecule has 0 bridgehead atoms. The van der Waals surface area contributed by atoms with E-state index in [1.807, 2.05) is 12.1 Å². The lowest BCUT2D eigenvalue weighted by atomic mass is 9.32. The van der Waals surface area contributed by atoms with Crippen molar-refractivity contribution >= 4 is 17.8 Å². The molecule has 6 aliphatic rings. The fourth-order valence-corrected chi connectivity index (χ4v) is 14.9. The van der Waals surface area contributed by atoms with Gasteiger partial charge in [-0.1, -0.05) is 51.9 Å². The summed E-state index contributed by atoms with van der Waals surface area (Å²) in [5.41, 5.74) is 0.467. The third kappa shape index (κ3) is 5.97. The van der Waals surface area contributed by atoms with Gasteiger partial charge in [0.25, 0.3) is 0 Å². The first kappa shape index (κ1) is 40.2. The maximum absolute atomic E-state index is 15.4. The molecule has 3 heterocycles. The normalized spacial score (nSPS) is 39.6. The summed E-state index contributed by atoms with van der Waals surface area (Å²) in [7, 11) is 0. The molecule has 0 aromatic carbocycles. The van der Waals surface area contributed by atoms with E-state index < -0.39 is 22.8 Å². The molecule has 57 heavy (non-hydrogen) atoms. The highest BCUT2D eigenvalue weighted by atomic mass is 16.5. The number of fused-ring (bicyclic) bond motifs is 7. The standard InChI is InChI=1S/C47H66N4O6/c1-28(2)30-16-21-47(40(53)51-25-11-13-32(51)39-49-38(50-57-39)29-12-10-24-48-27-29)23-22-45(8)31(37(30)47)14-15-34-44(7)19-18-35(56-36(52)26-42(3,4)41(54)55)43(5,6)33(44)17-20-46(34,45)9/h10,12,24,27,30-35,37H,1,11,13-23,25-26H2,2-9H3,(H,54,55)/t30-,31+,32?,33-,34+,35-,37+,44-,45+,46+,47-/m0/s1. The smallest absolute Gasteiger partial charge is 0.309 e. The average Bonchev–Trinajstić information content (AvgIpc) is 3.92. The molecule has 1 N–H and O–H groups in total. The molecule has 1 saturated heterocycles. The number of aliphatic carboxylic acids is 1. The lowest BCUT2D eigenvalue weighted by Crippen LogP contribution is -2.67. The third-order valence-electron chi connectivity index (χ3n) is 18.0. The van der Waals surface area contributed by atoms with Crippen LogP contribution >= 0.6 is 0 Å². The molecule has 0 radical (unpaired) electrons. The Labute approximate surface area is 339 Å². The zero-order chi connectivity index (χ0) is 40.9. The number of carbonyl (C=O) groups is 3.